The summed E-state index contributed by atoms with van der Waals surface area (Å²) in [6.45, 7) is 0. The number of aromatic hydroxyl groups is 1. The summed E-state index contributed by atoms with van der Waals surface area (Å²) >= 11 is 0. The van der Waals surface area contributed by atoms with Gasteiger partial charge in [0, 0.05) is 30.6 Å². The fourth-order valence-electron chi connectivity index (χ4n) is 4.41. The van der Waals surface area contributed by atoms with Gasteiger partial charge >= 0.3 is 0 Å². The van der Waals surface area contributed by atoms with Crippen molar-refractivity contribution in [2.45, 2.75) is 50.2 Å². The van der Waals surface area contributed by atoms with Crippen LogP contribution in [-0.2, 0) is 7.05 Å². The second kappa shape index (κ2) is 5.77. The lowest BCUT2D eigenvalue weighted by Gasteiger charge is -2.47. The quantitative estimate of drug-likeness (QED) is 0.885. The number of rotatable bonds is 2. The number of benzene rings is 1. The maximum Gasteiger partial charge on any atom is 0.272 e. The van der Waals surface area contributed by atoms with E-state index >= 15 is 0 Å². The Labute approximate surface area is 141 Å². The van der Waals surface area contributed by atoms with Crippen LogP contribution < -0.4 is 5.32 Å². The first-order chi connectivity index (χ1) is 11.5. The van der Waals surface area contributed by atoms with Crippen molar-refractivity contribution in [2.75, 3.05) is 7.05 Å². The average Bonchev–Trinajstić information content (AvgIpc) is 2.85. The van der Waals surface area contributed by atoms with Crippen molar-refractivity contribution < 1.29 is 9.90 Å². The van der Waals surface area contributed by atoms with E-state index in [9.17, 15) is 9.90 Å². The average molecular weight is 328 g/mol. The molecule has 1 aromatic carbocycles. The number of aromatic nitrogens is 2. The van der Waals surface area contributed by atoms with Gasteiger partial charge in [0.05, 0.1) is 5.52 Å². The zero-order valence-electron chi connectivity index (χ0n) is 14.2. The number of amides is 1. The van der Waals surface area contributed by atoms with E-state index in [-0.39, 0.29) is 17.7 Å². The molecule has 2 N–H and O–H groups in total. The second-order valence-electron chi connectivity index (χ2n) is 7.22. The molecule has 2 aliphatic heterocycles. The standard InChI is InChI=1S/C18H24N4O2/c1-21-12-4-3-5-13(21)9-11(8-12)19-18(24)17-15-10-14(23)6-7-16(15)22(2)20-17/h6-7,10-13,23H,3-5,8-9H2,1-2H3,(H,19,24)/t11?,12-,13+. The van der Waals surface area contributed by atoms with Crippen LogP contribution >= 0.6 is 0 Å². The number of carbonyl (C=O) groups is 1. The first-order valence-corrected chi connectivity index (χ1v) is 8.71. The number of aryl methyl sites for hydroxylation is 1. The fourth-order valence-corrected chi connectivity index (χ4v) is 4.41. The Balaban J connectivity index is 1.56. The molecule has 2 bridgehead atoms. The van der Waals surface area contributed by atoms with Crippen LogP contribution in [0, 0.1) is 0 Å². The van der Waals surface area contributed by atoms with E-state index < -0.39 is 0 Å². The second-order valence-corrected chi connectivity index (χ2v) is 7.22. The molecule has 3 atom stereocenters. The van der Waals surface area contributed by atoms with Crippen molar-refractivity contribution in [1.29, 1.82) is 0 Å². The molecule has 0 spiro atoms. The predicted molar refractivity (Wildman–Crippen MR) is 92.1 cm³/mol. The third-order valence-corrected chi connectivity index (χ3v) is 5.72. The van der Waals surface area contributed by atoms with E-state index in [4.69, 9.17) is 0 Å². The maximum atomic E-state index is 12.8. The number of nitrogens with one attached hydrogen (secondary N) is 1. The summed E-state index contributed by atoms with van der Waals surface area (Å²) in [5.74, 6) is 0.0113. The number of hydrogen-bond donors (Lipinski definition) is 2. The Morgan fingerprint density at radius 1 is 1.25 bits per heavy atom. The van der Waals surface area contributed by atoms with E-state index in [1.54, 1.807) is 22.9 Å². The van der Waals surface area contributed by atoms with Gasteiger partial charge in [0.2, 0.25) is 0 Å². The third-order valence-electron chi connectivity index (χ3n) is 5.72. The van der Waals surface area contributed by atoms with Gasteiger partial charge in [-0.15, -0.1) is 0 Å². The molecule has 0 aliphatic carbocycles. The lowest BCUT2D eigenvalue weighted by atomic mass is 9.82. The highest BCUT2D eigenvalue weighted by atomic mass is 16.3. The highest BCUT2D eigenvalue weighted by molar-refractivity contribution is 6.05. The van der Waals surface area contributed by atoms with Crippen molar-refractivity contribution in [3.63, 3.8) is 0 Å². The normalized spacial score (nSPS) is 27.3. The molecule has 2 saturated heterocycles. The van der Waals surface area contributed by atoms with Gasteiger partial charge in [-0.2, -0.15) is 5.10 Å². The van der Waals surface area contributed by atoms with E-state index in [2.05, 4.69) is 22.4 Å². The van der Waals surface area contributed by atoms with E-state index in [0.717, 1.165) is 18.4 Å². The van der Waals surface area contributed by atoms with Gasteiger partial charge in [0.25, 0.3) is 5.91 Å². The van der Waals surface area contributed by atoms with Gasteiger partial charge in [-0.25, -0.2) is 0 Å². The monoisotopic (exact) mass is 328 g/mol. The summed E-state index contributed by atoms with van der Waals surface area (Å²) in [6, 6.07) is 6.37. The summed E-state index contributed by atoms with van der Waals surface area (Å²) in [7, 11) is 4.03. The zero-order valence-corrected chi connectivity index (χ0v) is 14.2. The zero-order chi connectivity index (χ0) is 16.8. The van der Waals surface area contributed by atoms with Crippen LogP contribution in [0.25, 0.3) is 10.9 Å². The number of hydrogen-bond acceptors (Lipinski definition) is 4. The predicted octanol–water partition coefficient (Wildman–Crippen LogP) is 2.02. The third kappa shape index (κ3) is 2.55. The molecule has 24 heavy (non-hydrogen) atoms. The minimum Gasteiger partial charge on any atom is -0.508 e. The molecule has 0 radical (unpaired) electrons. The largest absolute Gasteiger partial charge is 0.508 e. The van der Waals surface area contributed by atoms with Crippen LogP contribution in [0.5, 0.6) is 5.75 Å². The molecule has 2 aliphatic rings. The van der Waals surface area contributed by atoms with Crippen molar-refractivity contribution in [3.8, 4) is 5.75 Å². The topological polar surface area (TPSA) is 70.4 Å². The van der Waals surface area contributed by atoms with Gasteiger partial charge in [-0.05, 0) is 50.9 Å². The van der Waals surface area contributed by atoms with Crippen LogP contribution in [0.2, 0.25) is 0 Å². The number of phenols is 1. The van der Waals surface area contributed by atoms with Crippen LogP contribution in [0.1, 0.15) is 42.6 Å². The molecule has 2 fully saturated rings. The lowest BCUT2D eigenvalue weighted by molar-refractivity contribution is 0.0462. The molecular weight excluding hydrogens is 304 g/mol. The van der Waals surface area contributed by atoms with Crippen molar-refractivity contribution in [1.82, 2.24) is 20.0 Å². The molecule has 0 saturated carbocycles. The fraction of sp³-hybridized carbons (Fsp3) is 0.556. The minimum absolute atomic E-state index is 0.140. The van der Waals surface area contributed by atoms with Gasteiger partial charge in [0.1, 0.15) is 5.75 Å². The lowest BCUT2D eigenvalue weighted by Crippen LogP contribution is -2.55. The molecule has 4 rings (SSSR count). The molecule has 3 heterocycles. The highest BCUT2D eigenvalue weighted by Gasteiger charge is 2.36. The molecule has 6 heteroatoms. The molecule has 1 aromatic heterocycles. The Bertz CT molecular complexity index is 771. The number of phenolic OH excluding ortho intramolecular Hbond substituents is 1. The Morgan fingerprint density at radius 3 is 2.67 bits per heavy atom. The highest BCUT2D eigenvalue weighted by Crippen LogP contribution is 2.33. The van der Waals surface area contributed by atoms with Crippen LogP contribution in [0.4, 0.5) is 0 Å². The smallest absolute Gasteiger partial charge is 0.272 e. The minimum atomic E-state index is -0.140. The Kier molecular flexibility index (Phi) is 3.72. The maximum absolute atomic E-state index is 12.8. The summed E-state index contributed by atoms with van der Waals surface area (Å²) < 4.78 is 1.69. The SMILES string of the molecule is CN1[C@@H]2CCC[C@H]1CC(NC(=O)c1nn(C)c3ccc(O)cc13)C2. The summed E-state index contributed by atoms with van der Waals surface area (Å²) in [5, 5.41) is 18.0. The number of fused-ring (bicyclic) bond motifs is 3. The van der Waals surface area contributed by atoms with Crippen molar-refractivity contribution in [2.24, 2.45) is 7.05 Å². The van der Waals surface area contributed by atoms with Crippen LogP contribution in [0.3, 0.4) is 0 Å². The first-order valence-electron chi connectivity index (χ1n) is 8.71. The van der Waals surface area contributed by atoms with Crippen LogP contribution in [0.15, 0.2) is 18.2 Å². The molecule has 128 valence electrons. The molecule has 1 unspecified atom stereocenters. The summed E-state index contributed by atoms with van der Waals surface area (Å²) in [6.07, 6.45) is 5.76. The number of carbonyl (C=O) groups excluding carboxylic acids is 1. The molecule has 1 amide bonds. The Morgan fingerprint density at radius 2 is 1.96 bits per heavy atom. The van der Waals surface area contributed by atoms with Gasteiger partial charge in [-0.1, -0.05) is 6.42 Å². The Hall–Kier alpha value is -2.08. The van der Waals surface area contributed by atoms with E-state index in [1.807, 2.05) is 7.05 Å². The van der Waals surface area contributed by atoms with E-state index in [1.165, 1.54) is 19.3 Å². The van der Waals surface area contributed by atoms with E-state index in [0.29, 0.717) is 23.2 Å². The van der Waals surface area contributed by atoms with Gasteiger partial charge in [-0.3, -0.25) is 9.48 Å². The van der Waals surface area contributed by atoms with Crippen molar-refractivity contribution >= 4 is 16.8 Å². The summed E-state index contributed by atoms with van der Waals surface area (Å²) in [5.41, 5.74) is 1.24. The first kappa shape index (κ1) is 15.4. The van der Waals surface area contributed by atoms with Crippen molar-refractivity contribution in [3.05, 3.63) is 23.9 Å². The van der Waals surface area contributed by atoms with Gasteiger partial charge in [0.15, 0.2) is 5.69 Å². The number of nitrogens with zero attached hydrogens (tertiary/aromatic N) is 3. The molecular formula is C18H24N4O2. The summed E-state index contributed by atoms with van der Waals surface area (Å²) in [4.78, 5) is 15.3. The number of piperidine rings is 2. The van der Waals surface area contributed by atoms with Crippen LogP contribution in [-0.4, -0.2) is 50.9 Å². The molecule has 6 nitrogen and oxygen atoms in total. The van der Waals surface area contributed by atoms with Gasteiger partial charge < -0.3 is 15.3 Å². The molecule has 2 aromatic rings.